The van der Waals surface area contributed by atoms with Gasteiger partial charge in [0.2, 0.25) is 0 Å². The van der Waals surface area contributed by atoms with Crippen molar-refractivity contribution < 1.29 is 4.21 Å². The minimum atomic E-state index is -1.23. The molecule has 0 aliphatic rings. The van der Waals surface area contributed by atoms with E-state index in [4.69, 9.17) is 23.2 Å². The average molecular weight is 332 g/mol. The molecular formula is C15H19Cl2NOS. The van der Waals surface area contributed by atoms with Crippen LogP contribution in [-0.2, 0) is 11.0 Å². The van der Waals surface area contributed by atoms with Gasteiger partial charge in [-0.3, -0.25) is 0 Å². The fraction of sp³-hybridized carbons (Fsp3) is 0.467. The molecule has 0 unspecified atom stereocenters. The minimum absolute atomic E-state index is 0.367. The summed E-state index contributed by atoms with van der Waals surface area (Å²) >= 11 is 11.8. The van der Waals surface area contributed by atoms with Crippen LogP contribution in [0.3, 0.4) is 0 Å². The molecule has 2 nitrogen and oxygen atoms in total. The van der Waals surface area contributed by atoms with E-state index in [0.717, 1.165) is 5.56 Å². The molecule has 0 heterocycles. The van der Waals surface area contributed by atoms with E-state index < -0.39 is 11.0 Å². The van der Waals surface area contributed by atoms with E-state index in [1.54, 1.807) is 6.07 Å². The predicted octanol–water partition coefficient (Wildman–Crippen LogP) is 4.07. The van der Waals surface area contributed by atoms with Crippen molar-refractivity contribution in [2.45, 2.75) is 38.0 Å². The third kappa shape index (κ3) is 5.46. The van der Waals surface area contributed by atoms with E-state index in [-0.39, 0.29) is 10.8 Å². The number of hydrogen-bond acceptors (Lipinski definition) is 1. The molecule has 110 valence electrons. The Balaban J connectivity index is 3.02. The molecule has 1 rings (SSSR count). The van der Waals surface area contributed by atoms with Gasteiger partial charge in [0.15, 0.2) is 0 Å². The van der Waals surface area contributed by atoms with Crippen molar-refractivity contribution in [1.82, 2.24) is 4.72 Å². The summed E-state index contributed by atoms with van der Waals surface area (Å²) < 4.78 is 14.9. The summed E-state index contributed by atoms with van der Waals surface area (Å²) in [5.74, 6) is 6.51. The van der Waals surface area contributed by atoms with Gasteiger partial charge in [0.05, 0.1) is 15.7 Å². The van der Waals surface area contributed by atoms with Crippen LogP contribution < -0.4 is 4.72 Å². The fourth-order valence-corrected chi connectivity index (χ4v) is 2.48. The van der Waals surface area contributed by atoms with Gasteiger partial charge in [-0.15, -0.1) is 11.6 Å². The highest BCUT2D eigenvalue weighted by molar-refractivity contribution is 7.84. The summed E-state index contributed by atoms with van der Waals surface area (Å²) in [7, 11) is -1.23. The van der Waals surface area contributed by atoms with Gasteiger partial charge in [-0.1, -0.05) is 41.6 Å². The van der Waals surface area contributed by atoms with Crippen molar-refractivity contribution >= 4 is 34.2 Å². The maximum atomic E-state index is 12.3. The first kappa shape index (κ1) is 17.5. The van der Waals surface area contributed by atoms with Gasteiger partial charge in [0, 0.05) is 22.9 Å². The van der Waals surface area contributed by atoms with Crippen molar-refractivity contribution in [1.29, 1.82) is 0 Å². The molecular weight excluding hydrogens is 313 g/mol. The number of alkyl halides is 1. The van der Waals surface area contributed by atoms with Crippen LogP contribution in [0, 0.1) is 11.8 Å². The molecule has 0 spiro atoms. The molecule has 1 N–H and O–H groups in total. The maximum Gasteiger partial charge on any atom is 0.107 e. The van der Waals surface area contributed by atoms with E-state index in [1.165, 1.54) is 0 Å². The van der Waals surface area contributed by atoms with Crippen molar-refractivity contribution in [2.24, 2.45) is 0 Å². The lowest BCUT2D eigenvalue weighted by Gasteiger charge is -2.22. The molecule has 0 radical (unpaired) electrons. The second-order valence-corrected chi connectivity index (χ2v) is 8.00. The topological polar surface area (TPSA) is 29.1 Å². The monoisotopic (exact) mass is 331 g/mol. The summed E-state index contributed by atoms with van der Waals surface area (Å²) in [6, 6.07) is 7.06. The summed E-state index contributed by atoms with van der Waals surface area (Å²) in [4.78, 5) is 0. The SMILES string of the molecule is CC(C)(C)[S@@](=O)N[C@@H](C#CCCCl)c1ccccc1Cl. The zero-order valence-corrected chi connectivity index (χ0v) is 14.2. The molecule has 1 aromatic rings. The predicted molar refractivity (Wildman–Crippen MR) is 88.3 cm³/mol. The Morgan fingerprint density at radius 2 is 2.00 bits per heavy atom. The molecule has 2 atom stereocenters. The van der Waals surface area contributed by atoms with Crippen LogP contribution >= 0.6 is 23.2 Å². The van der Waals surface area contributed by atoms with Crippen LogP contribution in [0.5, 0.6) is 0 Å². The lowest BCUT2D eigenvalue weighted by Crippen LogP contribution is -2.35. The van der Waals surface area contributed by atoms with Gasteiger partial charge in [-0.2, -0.15) is 0 Å². The van der Waals surface area contributed by atoms with Gasteiger partial charge < -0.3 is 0 Å². The van der Waals surface area contributed by atoms with Gasteiger partial charge in [-0.25, -0.2) is 8.93 Å². The van der Waals surface area contributed by atoms with Crippen LogP contribution in [0.15, 0.2) is 24.3 Å². The molecule has 1 aromatic carbocycles. The van der Waals surface area contributed by atoms with E-state index >= 15 is 0 Å². The van der Waals surface area contributed by atoms with Crippen LogP contribution in [0.4, 0.5) is 0 Å². The average Bonchev–Trinajstić information content (AvgIpc) is 2.37. The van der Waals surface area contributed by atoms with Crippen LogP contribution in [0.25, 0.3) is 0 Å². The first-order chi connectivity index (χ1) is 9.36. The van der Waals surface area contributed by atoms with E-state index in [0.29, 0.717) is 17.3 Å². The zero-order valence-electron chi connectivity index (χ0n) is 11.9. The largest absolute Gasteiger partial charge is 0.242 e. The van der Waals surface area contributed by atoms with Crippen LogP contribution in [0.2, 0.25) is 5.02 Å². The van der Waals surface area contributed by atoms with Crippen molar-refractivity contribution in [3.05, 3.63) is 34.9 Å². The van der Waals surface area contributed by atoms with Crippen molar-refractivity contribution in [3.63, 3.8) is 0 Å². The fourth-order valence-electron chi connectivity index (χ4n) is 1.39. The maximum absolute atomic E-state index is 12.3. The summed E-state index contributed by atoms with van der Waals surface area (Å²) in [5, 5.41) is 0.607. The van der Waals surface area contributed by atoms with Crippen molar-refractivity contribution in [3.8, 4) is 11.8 Å². The van der Waals surface area contributed by atoms with E-state index in [2.05, 4.69) is 16.6 Å². The van der Waals surface area contributed by atoms with E-state index in [9.17, 15) is 4.21 Å². The molecule has 0 saturated heterocycles. The summed E-state index contributed by atoms with van der Waals surface area (Å²) in [6.07, 6.45) is 0.590. The number of nitrogens with one attached hydrogen (secondary N) is 1. The van der Waals surface area contributed by atoms with Crippen LogP contribution in [-0.4, -0.2) is 14.8 Å². The molecule has 0 fully saturated rings. The Bertz CT molecular complexity index is 529. The van der Waals surface area contributed by atoms with Gasteiger partial charge in [-0.05, 0) is 26.8 Å². The summed E-state index contributed by atoms with van der Waals surface area (Å²) in [5.41, 5.74) is 0.828. The molecule has 0 aromatic heterocycles. The van der Waals surface area contributed by atoms with Crippen molar-refractivity contribution in [2.75, 3.05) is 5.88 Å². The Morgan fingerprint density at radius 1 is 1.35 bits per heavy atom. The summed E-state index contributed by atoms with van der Waals surface area (Å²) in [6.45, 7) is 5.73. The highest BCUT2D eigenvalue weighted by Gasteiger charge is 2.23. The Kier molecular flexibility index (Phi) is 7.05. The highest BCUT2D eigenvalue weighted by Crippen LogP contribution is 2.24. The highest BCUT2D eigenvalue weighted by atomic mass is 35.5. The second-order valence-electron chi connectivity index (χ2n) is 5.21. The Hall–Kier alpha value is -0.530. The third-order valence-electron chi connectivity index (χ3n) is 2.46. The first-order valence-corrected chi connectivity index (χ1v) is 8.39. The molecule has 0 aliphatic heterocycles. The molecule has 0 amide bonds. The number of rotatable bonds is 4. The van der Waals surface area contributed by atoms with Gasteiger partial charge >= 0.3 is 0 Å². The first-order valence-electron chi connectivity index (χ1n) is 6.33. The second kappa shape index (κ2) is 8.05. The smallest absolute Gasteiger partial charge is 0.107 e. The van der Waals surface area contributed by atoms with E-state index in [1.807, 2.05) is 39.0 Å². The van der Waals surface area contributed by atoms with Gasteiger partial charge in [0.1, 0.15) is 6.04 Å². The normalized spacial score (nSPS) is 14.2. The number of halogens is 2. The number of benzene rings is 1. The zero-order chi connectivity index (χ0) is 15.2. The molecule has 0 bridgehead atoms. The Morgan fingerprint density at radius 3 is 2.55 bits per heavy atom. The molecule has 5 heteroatoms. The molecule has 20 heavy (non-hydrogen) atoms. The Labute approximate surface area is 133 Å². The van der Waals surface area contributed by atoms with Crippen LogP contribution in [0.1, 0.15) is 38.8 Å². The molecule has 0 saturated carbocycles. The number of hydrogen-bond donors (Lipinski definition) is 1. The standard InChI is InChI=1S/C15H19Cl2NOS/c1-15(2,3)20(19)18-14(10-6-7-11-16)12-8-4-5-9-13(12)17/h4-5,8-9,14,18H,7,11H2,1-3H3/t14-,20+/m0/s1. The minimum Gasteiger partial charge on any atom is -0.242 e. The lowest BCUT2D eigenvalue weighted by atomic mass is 10.1. The lowest BCUT2D eigenvalue weighted by molar-refractivity contribution is 0.628. The molecule has 0 aliphatic carbocycles. The quantitative estimate of drug-likeness (QED) is 0.654. The van der Waals surface area contributed by atoms with Gasteiger partial charge in [0.25, 0.3) is 0 Å². The third-order valence-corrected chi connectivity index (χ3v) is 4.56.